The molecule has 2 unspecified atom stereocenters. The molecule has 0 spiro atoms. The highest BCUT2D eigenvalue weighted by atomic mass is 16.5. The number of ketones is 1. The van der Waals surface area contributed by atoms with Crippen molar-refractivity contribution in [3.63, 3.8) is 0 Å². The van der Waals surface area contributed by atoms with Crippen molar-refractivity contribution in [2.45, 2.75) is 25.7 Å². The highest BCUT2D eigenvalue weighted by Gasteiger charge is 2.55. The molecule has 1 aromatic rings. The van der Waals surface area contributed by atoms with Gasteiger partial charge in [0.15, 0.2) is 5.78 Å². The molecule has 0 N–H and O–H groups in total. The number of hydrogen-bond acceptors (Lipinski definition) is 3. The van der Waals surface area contributed by atoms with Crippen molar-refractivity contribution in [1.82, 2.24) is 0 Å². The summed E-state index contributed by atoms with van der Waals surface area (Å²) in [6, 6.07) is 5.53. The van der Waals surface area contributed by atoms with E-state index in [1.165, 1.54) is 25.7 Å². The van der Waals surface area contributed by atoms with Gasteiger partial charge in [-0.05, 0) is 36.8 Å². The van der Waals surface area contributed by atoms with Crippen LogP contribution in [0.2, 0.25) is 0 Å². The molecule has 0 radical (unpaired) electrons. The molecule has 0 saturated heterocycles. The molecule has 0 heterocycles. The second-order valence-corrected chi connectivity index (χ2v) is 5.54. The fourth-order valence-electron chi connectivity index (χ4n) is 3.64. The number of ether oxygens (including phenoxy) is 2. The number of benzene rings is 1. The number of carbonyl (C=O) groups is 1. The summed E-state index contributed by atoms with van der Waals surface area (Å²) in [7, 11) is 3.21. The third-order valence-corrected chi connectivity index (χ3v) is 4.63. The fourth-order valence-corrected chi connectivity index (χ4v) is 3.64. The first-order chi connectivity index (χ1) is 9.27. The summed E-state index contributed by atoms with van der Waals surface area (Å²) in [6.07, 6.45) is 4.96. The highest BCUT2D eigenvalue weighted by molar-refractivity contribution is 6.04. The summed E-state index contributed by atoms with van der Waals surface area (Å²) in [5.41, 5.74) is 0.631. The summed E-state index contributed by atoms with van der Waals surface area (Å²) in [5, 5.41) is 0. The molecule has 1 aromatic carbocycles. The van der Waals surface area contributed by atoms with Gasteiger partial charge in [0.2, 0.25) is 0 Å². The Bertz CT molecular complexity index is 461. The molecule has 0 bridgehead atoms. The number of Topliss-reactive ketones (excluding diaryl/α,β-unsaturated/α-hetero) is 1. The molecule has 2 aliphatic rings. The van der Waals surface area contributed by atoms with Crippen molar-refractivity contribution in [3.05, 3.63) is 23.8 Å². The molecule has 19 heavy (non-hydrogen) atoms. The molecule has 2 fully saturated rings. The van der Waals surface area contributed by atoms with Crippen LogP contribution in [0.25, 0.3) is 0 Å². The van der Waals surface area contributed by atoms with Gasteiger partial charge in [0, 0.05) is 5.92 Å². The molecule has 3 rings (SSSR count). The molecule has 102 valence electrons. The second-order valence-electron chi connectivity index (χ2n) is 5.54. The number of carbonyl (C=O) groups excluding carboxylic acids is 1. The number of fused-ring (bicyclic) bond motifs is 1. The molecule has 2 aliphatic carbocycles. The lowest BCUT2D eigenvalue weighted by molar-refractivity contribution is 0.0950. The number of hydrogen-bond donors (Lipinski definition) is 0. The Morgan fingerprint density at radius 3 is 2.05 bits per heavy atom. The molecule has 2 saturated carbocycles. The van der Waals surface area contributed by atoms with Gasteiger partial charge in [-0.1, -0.05) is 18.9 Å². The van der Waals surface area contributed by atoms with Crippen molar-refractivity contribution in [2.75, 3.05) is 14.2 Å². The zero-order valence-corrected chi connectivity index (χ0v) is 11.5. The van der Waals surface area contributed by atoms with E-state index in [1.54, 1.807) is 14.2 Å². The topological polar surface area (TPSA) is 35.5 Å². The van der Waals surface area contributed by atoms with Gasteiger partial charge in [0.1, 0.15) is 17.1 Å². The van der Waals surface area contributed by atoms with E-state index in [-0.39, 0.29) is 11.7 Å². The molecular formula is C16H20O3. The van der Waals surface area contributed by atoms with Crippen LogP contribution < -0.4 is 9.47 Å². The van der Waals surface area contributed by atoms with Crippen LogP contribution in [0.15, 0.2) is 18.2 Å². The van der Waals surface area contributed by atoms with Crippen LogP contribution in [0.4, 0.5) is 0 Å². The Labute approximate surface area is 113 Å². The third kappa shape index (κ3) is 2.01. The highest BCUT2D eigenvalue weighted by Crippen LogP contribution is 2.57. The molecule has 2 atom stereocenters. The standard InChI is InChI=1S/C16H20O3/c1-18-12-8-5-9-13(19-2)15(12)16(17)14-10-6-3-4-7-11(10)14/h5,8-11,14H,3-4,6-7H2,1-2H3. The Balaban J connectivity index is 1.91. The molecule has 0 amide bonds. The third-order valence-electron chi connectivity index (χ3n) is 4.63. The Hall–Kier alpha value is -1.51. The lowest BCUT2D eigenvalue weighted by Crippen LogP contribution is -2.08. The lowest BCUT2D eigenvalue weighted by atomic mass is 10.0. The maximum atomic E-state index is 12.8. The van der Waals surface area contributed by atoms with Crippen molar-refractivity contribution < 1.29 is 14.3 Å². The van der Waals surface area contributed by atoms with Crippen molar-refractivity contribution >= 4 is 5.78 Å². The quantitative estimate of drug-likeness (QED) is 0.779. The maximum Gasteiger partial charge on any atom is 0.173 e. The van der Waals surface area contributed by atoms with Gasteiger partial charge >= 0.3 is 0 Å². The summed E-state index contributed by atoms with van der Waals surface area (Å²) in [6.45, 7) is 0. The fraction of sp³-hybridized carbons (Fsp3) is 0.562. The van der Waals surface area contributed by atoms with Gasteiger partial charge in [-0.3, -0.25) is 4.79 Å². The van der Waals surface area contributed by atoms with E-state index < -0.39 is 0 Å². The number of methoxy groups -OCH3 is 2. The van der Waals surface area contributed by atoms with E-state index in [1.807, 2.05) is 18.2 Å². The normalized spacial score (nSPS) is 28.4. The van der Waals surface area contributed by atoms with E-state index in [2.05, 4.69) is 0 Å². The van der Waals surface area contributed by atoms with E-state index >= 15 is 0 Å². The molecule has 0 aromatic heterocycles. The molecular weight excluding hydrogens is 240 g/mol. The monoisotopic (exact) mass is 260 g/mol. The van der Waals surface area contributed by atoms with E-state index in [0.29, 0.717) is 28.9 Å². The summed E-state index contributed by atoms with van der Waals surface area (Å²) >= 11 is 0. The molecule has 3 nitrogen and oxygen atoms in total. The SMILES string of the molecule is COc1cccc(OC)c1C(=O)C1C2CCCCC21. The maximum absolute atomic E-state index is 12.8. The van der Waals surface area contributed by atoms with Gasteiger partial charge < -0.3 is 9.47 Å². The van der Waals surface area contributed by atoms with Crippen LogP contribution in [-0.4, -0.2) is 20.0 Å². The molecule has 0 aliphatic heterocycles. The first kappa shape index (κ1) is 12.5. The van der Waals surface area contributed by atoms with Crippen LogP contribution in [0, 0.1) is 17.8 Å². The summed E-state index contributed by atoms with van der Waals surface area (Å²) in [5.74, 6) is 2.90. The van der Waals surface area contributed by atoms with Crippen molar-refractivity contribution in [1.29, 1.82) is 0 Å². The zero-order valence-electron chi connectivity index (χ0n) is 11.5. The first-order valence-electron chi connectivity index (χ1n) is 7.03. The van der Waals surface area contributed by atoms with Crippen LogP contribution in [0.5, 0.6) is 11.5 Å². The summed E-state index contributed by atoms with van der Waals surface area (Å²) < 4.78 is 10.7. The van der Waals surface area contributed by atoms with Gasteiger partial charge in [0.05, 0.1) is 14.2 Å². The van der Waals surface area contributed by atoms with Gasteiger partial charge in [0.25, 0.3) is 0 Å². The first-order valence-corrected chi connectivity index (χ1v) is 7.03. The van der Waals surface area contributed by atoms with E-state index in [4.69, 9.17) is 9.47 Å². The average molecular weight is 260 g/mol. The molecule has 3 heteroatoms. The minimum absolute atomic E-state index is 0.202. The Kier molecular flexibility index (Phi) is 3.21. The smallest absolute Gasteiger partial charge is 0.173 e. The largest absolute Gasteiger partial charge is 0.496 e. The minimum atomic E-state index is 0.202. The van der Waals surface area contributed by atoms with Gasteiger partial charge in [-0.15, -0.1) is 0 Å². The van der Waals surface area contributed by atoms with E-state index in [9.17, 15) is 4.79 Å². The van der Waals surface area contributed by atoms with Crippen LogP contribution in [-0.2, 0) is 0 Å². The predicted molar refractivity (Wildman–Crippen MR) is 72.8 cm³/mol. The van der Waals surface area contributed by atoms with Crippen LogP contribution in [0.3, 0.4) is 0 Å². The number of rotatable bonds is 4. The van der Waals surface area contributed by atoms with Gasteiger partial charge in [-0.2, -0.15) is 0 Å². The predicted octanol–water partition coefficient (Wildman–Crippen LogP) is 3.32. The van der Waals surface area contributed by atoms with Crippen molar-refractivity contribution in [2.24, 2.45) is 17.8 Å². The lowest BCUT2D eigenvalue weighted by Gasteiger charge is -2.11. The zero-order chi connectivity index (χ0) is 13.4. The Morgan fingerprint density at radius 2 is 1.58 bits per heavy atom. The van der Waals surface area contributed by atoms with Crippen LogP contribution in [0.1, 0.15) is 36.0 Å². The van der Waals surface area contributed by atoms with Crippen LogP contribution >= 0.6 is 0 Å². The minimum Gasteiger partial charge on any atom is -0.496 e. The van der Waals surface area contributed by atoms with Gasteiger partial charge in [-0.25, -0.2) is 0 Å². The Morgan fingerprint density at radius 1 is 1.05 bits per heavy atom. The van der Waals surface area contributed by atoms with E-state index in [0.717, 1.165) is 0 Å². The second kappa shape index (κ2) is 4.87. The van der Waals surface area contributed by atoms with Crippen molar-refractivity contribution in [3.8, 4) is 11.5 Å². The summed E-state index contributed by atoms with van der Waals surface area (Å²) in [4.78, 5) is 12.8. The average Bonchev–Trinajstić information content (AvgIpc) is 3.19.